The van der Waals surface area contributed by atoms with Crippen LogP contribution in [0.3, 0.4) is 0 Å². The van der Waals surface area contributed by atoms with E-state index in [0.29, 0.717) is 33.6 Å². The van der Waals surface area contributed by atoms with Crippen LogP contribution < -0.4 is 26.0 Å². The van der Waals surface area contributed by atoms with Gasteiger partial charge in [0.25, 0.3) is 5.56 Å². The van der Waals surface area contributed by atoms with Crippen molar-refractivity contribution >= 4 is 34.2 Å². The highest BCUT2D eigenvalue weighted by Crippen LogP contribution is 2.29. The van der Waals surface area contributed by atoms with Gasteiger partial charge in [-0.2, -0.15) is 0 Å². The zero-order valence-electron chi connectivity index (χ0n) is 18.5. The van der Waals surface area contributed by atoms with E-state index < -0.39 is 23.7 Å². The summed E-state index contributed by atoms with van der Waals surface area (Å²) in [6, 6.07) is 11.7. The third kappa shape index (κ3) is 4.35. The summed E-state index contributed by atoms with van der Waals surface area (Å²) in [5.74, 6) is 0.670. The van der Waals surface area contributed by atoms with E-state index in [1.807, 2.05) is 0 Å². The second kappa shape index (κ2) is 9.36. The number of nitrogens with one attached hydrogen (secondary N) is 1. The molecular formula is C23H20ClN5O5. The van der Waals surface area contributed by atoms with E-state index in [0.717, 1.165) is 4.57 Å². The molecule has 174 valence electrons. The Morgan fingerprint density at radius 1 is 1.09 bits per heavy atom. The number of carbonyl (C=O) groups is 1. The highest BCUT2D eigenvalue weighted by atomic mass is 35.5. The zero-order valence-corrected chi connectivity index (χ0v) is 19.3. The number of nitrogens with zero attached hydrogens (tertiary/aromatic N) is 4. The van der Waals surface area contributed by atoms with E-state index in [9.17, 15) is 14.4 Å². The molecule has 34 heavy (non-hydrogen) atoms. The molecule has 4 rings (SSSR count). The number of hydrogen-bond acceptors (Lipinski definition) is 7. The normalized spacial score (nSPS) is 10.8. The van der Waals surface area contributed by atoms with Crippen molar-refractivity contribution in [1.29, 1.82) is 0 Å². The number of aromatic nitrogens is 4. The third-order valence-corrected chi connectivity index (χ3v) is 5.42. The lowest BCUT2D eigenvalue weighted by Crippen LogP contribution is -2.42. The van der Waals surface area contributed by atoms with Crippen LogP contribution in [0.5, 0.6) is 11.5 Å². The zero-order chi connectivity index (χ0) is 24.4. The van der Waals surface area contributed by atoms with Crippen molar-refractivity contribution in [3.8, 4) is 22.9 Å². The second-order valence-electron chi connectivity index (χ2n) is 7.29. The number of rotatable bonds is 6. The van der Waals surface area contributed by atoms with Crippen LogP contribution in [0, 0.1) is 0 Å². The van der Waals surface area contributed by atoms with Gasteiger partial charge in [-0.15, -0.1) is 0 Å². The molecule has 2 aromatic carbocycles. The van der Waals surface area contributed by atoms with Crippen molar-refractivity contribution in [3.05, 3.63) is 74.5 Å². The Bertz CT molecular complexity index is 1510. The molecular weight excluding hydrogens is 462 g/mol. The third-order valence-electron chi connectivity index (χ3n) is 5.17. The first-order valence-corrected chi connectivity index (χ1v) is 10.4. The standard InChI is InChI=1S/C23H20ClN5O5/c1-28-21-16(11-25-20(27-21)13-4-6-14(24)7-5-13)22(31)29(23(28)32)12-19(30)26-17-9-8-15(33-2)10-18(17)34-3/h4-11H,12H2,1-3H3,(H,26,30). The van der Waals surface area contributed by atoms with Crippen molar-refractivity contribution < 1.29 is 14.3 Å². The Morgan fingerprint density at radius 3 is 2.50 bits per heavy atom. The topological polar surface area (TPSA) is 117 Å². The van der Waals surface area contributed by atoms with Crippen molar-refractivity contribution in [2.24, 2.45) is 7.05 Å². The van der Waals surface area contributed by atoms with Crippen LogP contribution in [0.4, 0.5) is 5.69 Å². The van der Waals surface area contributed by atoms with Gasteiger partial charge in [0, 0.05) is 29.9 Å². The highest BCUT2D eigenvalue weighted by molar-refractivity contribution is 6.30. The van der Waals surface area contributed by atoms with Crippen molar-refractivity contribution in [3.63, 3.8) is 0 Å². The van der Waals surface area contributed by atoms with Gasteiger partial charge in [0.2, 0.25) is 5.91 Å². The minimum Gasteiger partial charge on any atom is -0.497 e. The summed E-state index contributed by atoms with van der Waals surface area (Å²) in [4.78, 5) is 47.3. The maximum atomic E-state index is 13.0. The fourth-order valence-electron chi connectivity index (χ4n) is 3.40. The van der Waals surface area contributed by atoms with Gasteiger partial charge in [0.15, 0.2) is 11.5 Å². The quantitative estimate of drug-likeness (QED) is 0.449. The summed E-state index contributed by atoms with van der Waals surface area (Å²) >= 11 is 5.93. The van der Waals surface area contributed by atoms with Crippen LogP contribution in [-0.2, 0) is 18.4 Å². The molecule has 11 heteroatoms. The number of halogens is 1. The fourth-order valence-corrected chi connectivity index (χ4v) is 3.52. The number of aryl methyl sites for hydroxylation is 1. The van der Waals surface area contributed by atoms with E-state index in [2.05, 4.69) is 15.3 Å². The summed E-state index contributed by atoms with van der Waals surface area (Å²) in [6.45, 7) is -0.504. The number of hydrogen-bond donors (Lipinski definition) is 1. The van der Waals surface area contributed by atoms with Gasteiger partial charge >= 0.3 is 5.69 Å². The first kappa shape index (κ1) is 23.0. The van der Waals surface area contributed by atoms with Gasteiger partial charge in [-0.3, -0.25) is 18.7 Å². The van der Waals surface area contributed by atoms with Gasteiger partial charge in [-0.05, 0) is 36.4 Å². The Hall–Kier alpha value is -4.18. The molecule has 0 saturated carbocycles. The molecule has 10 nitrogen and oxygen atoms in total. The maximum Gasteiger partial charge on any atom is 0.332 e. The van der Waals surface area contributed by atoms with Crippen molar-refractivity contribution in [2.75, 3.05) is 19.5 Å². The van der Waals surface area contributed by atoms with Crippen molar-refractivity contribution in [1.82, 2.24) is 19.1 Å². The summed E-state index contributed by atoms with van der Waals surface area (Å²) < 4.78 is 12.4. The Labute approximate surface area is 198 Å². The molecule has 0 atom stereocenters. The molecule has 0 saturated heterocycles. The number of amides is 1. The second-order valence-corrected chi connectivity index (χ2v) is 7.72. The first-order chi connectivity index (χ1) is 16.3. The molecule has 0 radical (unpaired) electrons. The summed E-state index contributed by atoms with van der Waals surface area (Å²) in [5.41, 5.74) is -0.151. The van der Waals surface area contributed by atoms with Gasteiger partial charge in [0.05, 0.1) is 19.9 Å². The molecule has 0 unspecified atom stereocenters. The molecule has 2 heterocycles. The molecule has 0 aliphatic carbocycles. The highest BCUT2D eigenvalue weighted by Gasteiger charge is 2.17. The number of methoxy groups -OCH3 is 2. The Balaban J connectivity index is 1.68. The Morgan fingerprint density at radius 2 is 1.82 bits per heavy atom. The smallest absolute Gasteiger partial charge is 0.332 e. The van der Waals surface area contributed by atoms with Gasteiger partial charge in [-0.1, -0.05) is 11.6 Å². The number of anilines is 1. The van der Waals surface area contributed by atoms with Crippen molar-refractivity contribution in [2.45, 2.75) is 6.54 Å². The lowest BCUT2D eigenvalue weighted by Gasteiger charge is -2.13. The SMILES string of the molecule is COc1ccc(NC(=O)Cn2c(=O)c3cnc(-c4ccc(Cl)cc4)nc3n(C)c2=O)c(OC)c1. The van der Waals surface area contributed by atoms with E-state index in [4.69, 9.17) is 21.1 Å². The van der Waals surface area contributed by atoms with Crippen LogP contribution in [-0.4, -0.2) is 39.2 Å². The lowest BCUT2D eigenvalue weighted by molar-refractivity contribution is -0.116. The number of ether oxygens (including phenoxy) is 2. The van der Waals surface area contributed by atoms with E-state index in [1.54, 1.807) is 42.5 Å². The van der Waals surface area contributed by atoms with Crippen LogP contribution in [0.1, 0.15) is 0 Å². The molecule has 0 spiro atoms. The molecule has 0 aliphatic rings. The minimum atomic E-state index is -0.685. The molecule has 0 fully saturated rings. The molecule has 0 aliphatic heterocycles. The van der Waals surface area contributed by atoms with E-state index >= 15 is 0 Å². The van der Waals surface area contributed by atoms with Crippen LogP contribution in [0.2, 0.25) is 5.02 Å². The van der Waals surface area contributed by atoms with Gasteiger partial charge < -0.3 is 14.8 Å². The van der Waals surface area contributed by atoms with Crippen LogP contribution in [0.15, 0.2) is 58.3 Å². The maximum absolute atomic E-state index is 13.0. The summed E-state index contributed by atoms with van der Waals surface area (Å²) in [6.07, 6.45) is 1.34. The molecule has 1 N–H and O–H groups in total. The minimum absolute atomic E-state index is 0.106. The van der Waals surface area contributed by atoms with Crippen LogP contribution >= 0.6 is 11.6 Å². The number of carbonyl (C=O) groups excluding carboxylic acids is 1. The predicted octanol–water partition coefficient (Wildman–Crippen LogP) is 2.47. The van der Waals surface area contributed by atoms with Crippen LogP contribution in [0.25, 0.3) is 22.4 Å². The fraction of sp³-hybridized carbons (Fsp3) is 0.174. The molecule has 2 aromatic heterocycles. The average molecular weight is 482 g/mol. The first-order valence-electron chi connectivity index (χ1n) is 10.1. The molecule has 0 bridgehead atoms. The average Bonchev–Trinajstić information content (AvgIpc) is 2.85. The molecule has 4 aromatic rings. The summed E-state index contributed by atoms with van der Waals surface area (Å²) in [7, 11) is 4.44. The molecule has 1 amide bonds. The van der Waals surface area contributed by atoms with E-state index in [1.165, 1.54) is 32.0 Å². The Kier molecular flexibility index (Phi) is 6.33. The summed E-state index contributed by atoms with van der Waals surface area (Å²) in [5, 5.41) is 3.32. The van der Waals surface area contributed by atoms with Gasteiger partial charge in [-0.25, -0.2) is 14.8 Å². The van der Waals surface area contributed by atoms with E-state index in [-0.39, 0.29) is 11.0 Å². The number of benzene rings is 2. The predicted molar refractivity (Wildman–Crippen MR) is 128 cm³/mol. The monoisotopic (exact) mass is 481 g/mol. The van der Waals surface area contributed by atoms with Gasteiger partial charge in [0.1, 0.15) is 23.4 Å². The lowest BCUT2D eigenvalue weighted by atomic mass is 10.2. The number of fused-ring (bicyclic) bond motifs is 1. The largest absolute Gasteiger partial charge is 0.497 e.